The van der Waals surface area contributed by atoms with Gasteiger partial charge in [0.15, 0.2) is 0 Å². The maximum atomic E-state index is 13.2. The molecule has 0 aliphatic carbocycles. The maximum Gasteiger partial charge on any atom is 0.309 e. The molecule has 0 saturated carbocycles. The summed E-state index contributed by atoms with van der Waals surface area (Å²) in [6.07, 6.45) is 0.407. The normalized spacial score (nSPS) is 13.9. The molecule has 0 aromatic heterocycles. The van der Waals surface area contributed by atoms with Crippen LogP contribution in [0.25, 0.3) is 0 Å². The van der Waals surface area contributed by atoms with Crippen LogP contribution in [-0.4, -0.2) is 16.0 Å². The molecule has 18 heavy (non-hydrogen) atoms. The zero-order chi connectivity index (χ0) is 13.9. The number of hydrogen-bond acceptors (Lipinski definition) is 3. The van der Waals surface area contributed by atoms with Gasteiger partial charge in [0, 0.05) is 6.07 Å². The van der Waals surface area contributed by atoms with E-state index in [1.54, 1.807) is 6.92 Å². The number of carboxylic acids is 1. The summed E-state index contributed by atoms with van der Waals surface area (Å²) in [4.78, 5) is 21.0. The molecule has 0 bridgehead atoms. The fourth-order valence-electron chi connectivity index (χ4n) is 1.64. The Morgan fingerprint density at radius 2 is 2.11 bits per heavy atom. The van der Waals surface area contributed by atoms with Gasteiger partial charge in [0.1, 0.15) is 5.82 Å². The van der Waals surface area contributed by atoms with Crippen LogP contribution < -0.4 is 0 Å². The molecule has 0 amide bonds. The van der Waals surface area contributed by atoms with E-state index >= 15 is 0 Å². The zero-order valence-electron chi connectivity index (χ0n) is 10.1. The Balaban J connectivity index is 3.11. The number of benzene rings is 1. The lowest BCUT2D eigenvalue weighted by Gasteiger charge is -2.22. The first kappa shape index (κ1) is 14.1. The number of non-ortho nitro benzene ring substituents is 1. The SMILES string of the molecule is CCC(C)(Cc1cc(F)cc([N+](=O)[O-])c1)C(=O)O. The number of nitrogens with zero attached hydrogens (tertiary/aromatic N) is 1. The van der Waals surface area contributed by atoms with E-state index in [-0.39, 0.29) is 12.1 Å². The second kappa shape index (κ2) is 5.12. The lowest BCUT2D eigenvalue weighted by atomic mass is 9.81. The Morgan fingerprint density at radius 3 is 2.56 bits per heavy atom. The van der Waals surface area contributed by atoms with Gasteiger partial charge in [-0.05, 0) is 31.4 Å². The van der Waals surface area contributed by atoms with Gasteiger partial charge in [-0.25, -0.2) is 4.39 Å². The molecule has 1 atom stereocenters. The van der Waals surface area contributed by atoms with Crippen LogP contribution in [0.15, 0.2) is 18.2 Å². The van der Waals surface area contributed by atoms with E-state index in [1.807, 2.05) is 0 Å². The van der Waals surface area contributed by atoms with Crippen LogP contribution in [0.5, 0.6) is 0 Å². The summed E-state index contributed by atoms with van der Waals surface area (Å²) in [5.74, 6) is -1.74. The number of carboxylic acid groups (broad SMARTS) is 1. The molecule has 0 spiro atoms. The third-order valence-corrected chi connectivity index (χ3v) is 3.04. The van der Waals surface area contributed by atoms with Gasteiger partial charge in [-0.15, -0.1) is 0 Å². The molecule has 0 aliphatic heterocycles. The largest absolute Gasteiger partial charge is 0.481 e. The molecule has 98 valence electrons. The Bertz CT molecular complexity index is 489. The van der Waals surface area contributed by atoms with Gasteiger partial charge < -0.3 is 5.11 Å². The van der Waals surface area contributed by atoms with Crippen LogP contribution in [-0.2, 0) is 11.2 Å². The molecule has 5 nitrogen and oxygen atoms in total. The predicted octanol–water partition coefficient (Wildman–Crippen LogP) is 2.78. The van der Waals surface area contributed by atoms with Crippen molar-refractivity contribution in [1.82, 2.24) is 0 Å². The van der Waals surface area contributed by atoms with E-state index < -0.39 is 22.1 Å². The standard InChI is InChI=1S/C12H14FNO4/c1-3-12(2,11(15)16)7-8-4-9(13)6-10(5-8)14(17)18/h4-6H,3,7H2,1-2H3,(H,15,16). The number of carbonyl (C=O) groups is 1. The number of nitro benzene ring substituents is 1. The molecular weight excluding hydrogens is 241 g/mol. The molecule has 6 heteroatoms. The van der Waals surface area contributed by atoms with Gasteiger partial charge in [-0.2, -0.15) is 0 Å². The first-order valence-electron chi connectivity index (χ1n) is 5.46. The highest BCUT2D eigenvalue weighted by molar-refractivity contribution is 5.74. The minimum Gasteiger partial charge on any atom is -0.481 e. The van der Waals surface area contributed by atoms with E-state index in [9.17, 15) is 19.3 Å². The van der Waals surface area contributed by atoms with Crippen molar-refractivity contribution in [3.8, 4) is 0 Å². The van der Waals surface area contributed by atoms with E-state index in [1.165, 1.54) is 13.0 Å². The molecule has 0 radical (unpaired) electrons. The van der Waals surface area contributed by atoms with Crippen LogP contribution in [0, 0.1) is 21.3 Å². The number of rotatable bonds is 5. The van der Waals surface area contributed by atoms with E-state index in [0.29, 0.717) is 12.0 Å². The number of hydrogen-bond donors (Lipinski definition) is 1. The van der Waals surface area contributed by atoms with Crippen LogP contribution in [0.4, 0.5) is 10.1 Å². The topological polar surface area (TPSA) is 80.4 Å². The van der Waals surface area contributed by atoms with E-state index in [4.69, 9.17) is 5.11 Å². The fraction of sp³-hybridized carbons (Fsp3) is 0.417. The molecule has 1 N–H and O–H groups in total. The Kier molecular flexibility index (Phi) is 4.00. The molecule has 0 heterocycles. The third-order valence-electron chi connectivity index (χ3n) is 3.04. The highest BCUT2D eigenvalue weighted by Crippen LogP contribution is 2.28. The van der Waals surface area contributed by atoms with Gasteiger partial charge in [-0.1, -0.05) is 6.92 Å². The van der Waals surface area contributed by atoms with Crippen LogP contribution in [0.2, 0.25) is 0 Å². The van der Waals surface area contributed by atoms with Crippen LogP contribution in [0.3, 0.4) is 0 Å². The van der Waals surface area contributed by atoms with Gasteiger partial charge >= 0.3 is 5.97 Å². The van der Waals surface area contributed by atoms with Gasteiger partial charge in [0.2, 0.25) is 0 Å². The summed E-state index contributed by atoms with van der Waals surface area (Å²) < 4.78 is 13.2. The zero-order valence-corrected chi connectivity index (χ0v) is 10.1. The second-order valence-corrected chi connectivity index (χ2v) is 4.47. The maximum absolute atomic E-state index is 13.2. The van der Waals surface area contributed by atoms with Crippen molar-refractivity contribution in [2.45, 2.75) is 26.7 Å². The average molecular weight is 255 g/mol. The lowest BCUT2D eigenvalue weighted by molar-refractivity contribution is -0.385. The summed E-state index contributed by atoms with van der Waals surface area (Å²) in [7, 11) is 0. The van der Waals surface area contributed by atoms with Crippen molar-refractivity contribution in [2.24, 2.45) is 5.41 Å². The van der Waals surface area contributed by atoms with Crippen molar-refractivity contribution < 1.29 is 19.2 Å². The molecule has 1 unspecified atom stereocenters. The lowest BCUT2D eigenvalue weighted by Crippen LogP contribution is -2.29. The summed E-state index contributed by atoms with van der Waals surface area (Å²) in [6.45, 7) is 3.24. The predicted molar refractivity (Wildman–Crippen MR) is 62.8 cm³/mol. The van der Waals surface area contributed by atoms with E-state index in [0.717, 1.165) is 12.1 Å². The number of aliphatic carboxylic acids is 1. The molecule has 1 aromatic rings. The molecule has 0 saturated heterocycles. The monoisotopic (exact) mass is 255 g/mol. The number of halogens is 1. The summed E-state index contributed by atoms with van der Waals surface area (Å²) in [5, 5.41) is 19.7. The minimum atomic E-state index is -1.05. The van der Waals surface area contributed by atoms with Crippen molar-refractivity contribution in [2.75, 3.05) is 0 Å². The third kappa shape index (κ3) is 3.03. The smallest absolute Gasteiger partial charge is 0.309 e. The second-order valence-electron chi connectivity index (χ2n) is 4.47. The van der Waals surface area contributed by atoms with Crippen molar-refractivity contribution >= 4 is 11.7 Å². The molecule has 0 aliphatic rings. The minimum absolute atomic E-state index is 0.0530. The number of nitro groups is 1. The molecule has 0 fully saturated rings. The highest BCUT2D eigenvalue weighted by Gasteiger charge is 2.31. The van der Waals surface area contributed by atoms with Crippen molar-refractivity contribution in [3.63, 3.8) is 0 Å². The summed E-state index contributed by atoms with van der Waals surface area (Å²) >= 11 is 0. The summed E-state index contributed by atoms with van der Waals surface area (Å²) in [6, 6.07) is 3.15. The molecule has 1 rings (SSSR count). The first-order valence-corrected chi connectivity index (χ1v) is 5.46. The molecule has 1 aromatic carbocycles. The fourth-order valence-corrected chi connectivity index (χ4v) is 1.64. The van der Waals surface area contributed by atoms with Gasteiger partial charge in [-0.3, -0.25) is 14.9 Å². The average Bonchev–Trinajstić information content (AvgIpc) is 2.27. The highest BCUT2D eigenvalue weighted by atomic mass is 19.1. The Hall–Kier alpha value is -1.98. The quantitative estimate of drug-likeness (QED) is 0.648. The van der Waals surface area contributed by atoms with Crippen LogP contribution in [0.1, 0.15) is 25.8 Å². The Morgan fingerprint density at radius 1 is 1.50 bits per heavy atom. The van der Waals surface area contributed by atoms with Crippen molar-refractivity contribution in [1.29, 1.82) is 0 Å². The van der Waals surface area contributed by atoms with Crippen LogP contribution >= 0.6 is 0 Å². The van der Waals surface area contributed by atoms with E-state index in [2.05, 4.69) is 0 Å². The molecular formula is C12H14FNO4. The van der Waals surface area contributed by atoms with Gasteiger partial charge in [0.25, 0.3) is 5.69 Å². The first-order chi connectivity index (χ1) is 8.28. The summed E-state index contributed by atoms with van der Waals surface area (Å²) in [5.41, 5.74) is -1.11. The van der Waals surface area contributed by atoms with Crippen molar-refractivity contribution in [3.05, 3.63) is 39.7 Å². The van der Waals surface area contributed by atoms with Gasteiger partial charge in [0.05, 0.1) is 16.4 Å². The Labute approximate surface area is 103 Å².